The second kappa shape index (κ2) is 9.33. The van der Waals surface area contributed by atoms with E-state index in [1.165, 1.54) is 7.11 Å². The largest absolute Gasteiger partial charge is 0.493 e. The highest BCUT2D eigenvalue weighted by molar-refractivity contribution is 6.32. The number of nitrogens with zero attached hydrogens (tertiary/aromatic N) is 1. The highest BCUT2D eigenvalue weighted by Gasteiger charge is 2.20. The van der Waals surface area contributed by atoms with Gasteiger partial charge in [0.05, 0.1) is 18.7 Å². The van der Waals surface area contributed by atoms with Crippen molar-refractivity contribution in [3.8, 4) is 11.5 Å². The van der Waals surface area contributed by atoms with Crippen LogP contribution in [0, 0.1) is 0 Å². The molecule has 0 saturated carbocycles. The Hall–Kier alpha value is -2.20. The summed E-state index contributed by atoms with van der Waals surface area (Å²) >= 11 is 6.30. The number of hydrogen-bond donors (Lipinski definition) is 0. The Morgan fingerprint density at radius 3 is 2.48 bits per heavy atom. The topological polar surface area (TPSA) is 38.8 Å². The lowest BCUT2D eigenvalue weighted by Crippen LogP contribution is -2.31. The summed E-state index contributed by atoms with van der Waals surface area (Å²) in [6, 6.07) is 13.3. The normalized spacial score (nSPS) is 10.4. The van der Waals surface area contributed by atoms with E-state index >= 15 is 0 Å². The van der Waals surface area contributed by atoms with E-state index in [1.54, 1.807) is 12.1 Å². The molecule has 0 N–H and O–H groups in total. The Balaban J connectivity index is 2.30. The van der Waals surface area contributed by atoms with E-state index in [1.807, 2.05) is 42.2 Å². The Morgan fingerprint density at radius 2 is 1.88 bits per heavy atom. The van der Waals surface area contributed by atoms with Crippen molar-refractivity contribution in [1.29, 1.82) is 0 Å². The fraction of sp³-hybridized carbons (Fsp3) is 0.350. The Bertz CT molecular complexity index is 704. The number of amides is 1. The number of halogens is 1. The average molecular weight is 362 g/mol. The van der Waals surface area contributed by atoms with Crippen LogP contribution < -0.4 is 9.47 Å². The Labute approximate surface area is 154 Å². The van der Waals surface area contributed by atoms with E-state index in [0.717, 1.165) is 12.0 Å². The lowest BCUT2D eigenvalue weighted by atomic mass is 10.1. The van der Waals surface area contributed by atoms with Gasteiger partial charge in [0.2, 0.25) is 0 Å². The van der Waals surface area contributed by atoms with Crippen molar-refractivity contribution < 1.29 is 14.3 Å². The smallest absolute Gasteiger partial charge is 0.254 e. The van der Waals surface area contributed by atoms with Gasteiger partial charge in [-0.1, -0.05) is 48.9 Å². The van der Waals surface area contributed by atoms with Crippen molar-refractivity contribution in [2.45, 2.75) is 26.8 Å². The third-order valence-corrected chi connectivity index (χ3v) is 4.04. The van der Waals surface area contributed by atoms with E-state index in [4.69, 9.17) is 21.1 Å². The van der Waals surface area contributed by atoms with Crippen molar-refractivity contribution in [3.63, 3.8) is 0 Å². The minimum atomic E-state index is -0.0750. The van der Waals surface area contributed by atoms with Crippen molar-refractivity contribution in [2.75, 3.05) is 20.3 Å². The van der Waals surface area contributed by atoms with Gasteiger partial charge in [0.25, 0.3) is 5.91 Å². The summed E-state index contributed by atoms with van der Waals surface area (Å²) in [5.74, 6) is 0.858. The summed E-state index contributed by atoms with van der Waals surface area (Å²) in [5, 5.41) is 0.376. The molecule has 0 unspecified atom stereocenters. The molecule has 0 aromatic heterocycles. The van der Waals surface area contributed by atoms with Crippen molar-refractivity contribution in [3.05, 3.63) is 58.6 Å². The SMILES string of the molecule is CCCN(Cc1ccccc1)C(=O)c1cc(Cl)c(OCC)c(OC)c1. The predicted molar refractivity (Wildman–Crippen MR) is 101 cm³/mol. The fourth-order valence-electron chi connectivity index (χ4n) is 2.64. The molecule has 2 rings (SSSR count). The first-order valence-corrected chi connectivity index (χ1v) is 8.82. The highest BCUT2D eigenvalue weighted by Crippen LogP contribution is 2.36. The van der Waals surface area contributed by atoms with Crippen LogP contribution in [0.1, 0.15) is 36.2 Å². The first-order chi connectivity index (χ1) is 12.1. The van der Waals surface area contributed by atoms with Crippen LogP contribution in [0.4, 0.5) is 0 Å². The quantitative estimate of drug-likeness (QED) is 0.678. The van der Waals surface area contributed by atoms with E-state index in [2.05, 4.69) is 6.92 Å². The zero-order chi connectivity index (χ0) is 18.2. The summed E-state index contributed by atoms with van der Waals surface area (Å²) in [7, 11) is 1.54. The van der Waals surface area contributed by atoms with E-state index in [0.29, 0.717) is 41.8 Å². The molecule has 0 fully saturated rings. The molecule has 0 atom stereocenters. The molecule has 0 aliphatic rings. The number of hydrogen-bond acceptors (Lipinski definition) is 3. The number of ether oxygens (including phenoxy) is 2. The van der Waals surface area contributed by atoms with E-state index < -0.39 is 0 Å². The Morgan fingerprint density at radius 1 is 1.16 bits per heavy atom. The Kier molecular flexibility index (Phi) is 7.14. The number of rotatable bonds is 8. The van der Waals surface area contributed by atoms with Crippen LogP contribution in [0.25, 0.3) is 0 Å². The van der Waals surface area contributed by atoms with Crippen LogP contribution in [0.15, 0.2) is 42.5 Å². The summed E-state index contributed by atoms with van der Waals surface area (Å²) in [4.78, 5) is 14.8. The van der Waals surface area contributed by atoms with Gasteiger partial charge < -0.3 is 14.4 Å². The zero-order valence-corrected chi connectivity index (χ0v) is 15.7. The molecule has 1 amide bonds. The molecule has 0 heterocycles. The maximum absolute atomic E-state index is 13.0. The van der Waals surface area contributed by atoms with Crippen LogP contribution in [-0.2, 0) is 6.54 Å². The summed E-state index contributed by atoms with van der Waals surface area (Å²) in [6.45, 7) is 5.62. The number of carbonyl (C=O) groups is 1. The van der Waals surface area contributed by atoms with Crippen LogP contribution in [-0.4, -0.2) is 31.1 Å². The van der Waals surface area contributed by atoms with Gasteiger partial charge in [0.1, 0.15) is 0 Å². The molecule has 0 saturated heterocycles. The predicted octanol–water partition coefficient (Wildman–Crippen LogP) is 4.80. The first-order valence-electron chi connectivity index (χ1n) is 8.44. The minimum Gasteiger partial charge on any atom is -0.493 e. The molecule has 0 radical (unpaired) electrons. The number of methoxy groups -OCH3 is 1. The van der Waals surface area contributed by atoms with Crippen LogP contribution in [0.3, 0.4) is 0 Å². The van der Waals surface area contributed by atoms with E-state index in [-0.39, 0.29) is 5.91 Å². The highest BCUT2D eigenvalue weighted by atomic mass is 35.5. The van der Waals surface area contributed by atoms with Crippen LogP contribution in [0.5, 0.6) is 11.5 Å². The number of carbonyl (C=O) groups excluding carboxylic acids is 1. The molecule has 0 spiro atoms. The molecular formula is C20H24ClNO3. The lowest BCUT2D eigenvalue weighted by Gasteiger charge is -2.23. The lowest BCUT2D eigenvalue weighted by molar-refractivity contribution is 0.0742. The molecule has 2 aromatic rings. The molecule has 0 bridgehead atoms. The molecule has 0 aliphatic heterocycles. The third-order valence-electron chi connectivity index (χ3n) is 3.76. The van der Waals surface area contributed by atoms with Crippen molar-refractivity contribution in [2.24, 2.45) is 0 Å². The van der Waals surface area contributed by atoms with Gasteiger partial charge in [-0.2, -0.15) is 0 Å². The summed E-state index contributed by atoms with van der Waals surface area (Å²) < 4.78 is 10.9. The standard InChI is InChI=1S/C20H24ClNO3/c1-4-11-22(14-15-9-7-6-8-10-15)20(23)16-12-17(21)19(25-5-2)18(13-16)24-3/h6-10,12-13H,4-5,11,14H2,1-3H3. The van der Waals surface area contributed by atoms with Crippen LogP contribution in [0.2, 0.25) is 5.02 Å². The number of benzene rings is 2. The third kappa shape index (κ3) is 4.89. The monoisotopic (exact) mass is 361 g/mol. The molecule has 4 nitrogen and oxygen atoms in total. The maximum atomic E-state index is 13.0. The van der Waals surface area contributed by atoms with Gasteiger partial charge in [-0.05, 0) is 31.0 Å². The van der Waals surface area contributed by atoms with Gasteiger partial charge in [0.15, 0.2) is 11.5 Å². The van der Waals surface area contributed by atoms with Gasteiger partial charge in [0, 0.05) is 18.7 Å². The van der Waals surface area contributed by atoms with Crippen LogP contribution >= 0.6 is 11.6 Å². The van der Waals surface area contributed by atoms with Crippen molar-refractivity contribution >= 4 is 17.5 Å². The van der Waals surface area contributed by atoms with Crippen molar-refractivity contribution in [1.82, 2.24) is 4.90 Å². The molecule has 134 valence electrons. The van der Waals surface area contributed by atoms with Gasteiger partial charge in [-0.3, -0.25) is 4.79 Å². The van der Waals surface area contributed by atoms with E-state index in [9.17, 15) is 4.79 Å². The first kappa shape index (κ1) is 19.1. The molecule has 25 heavy (non-hydrogen) atoms. The summed E-state index contributed by atoms with van der Waals surface area (Å²) in [6.07, 6.45) is 0.875. The zero-order valence-electron chi connectivity index (χ0n) is 14.9. The molecule has 0 aliphatic carbocycles. The fourth-order valence-corrected chi connectivity index (χ4v) is 2.90. The van der Waals surface area contributed by atoms with Gasteiger partial charge >= 0.3 is 0 Å². The summed E-state index contributed by atoms with van der Waals surface area (Å²) in [5.41, 5.74) is 1.59. The second-order valence-electron chi connectivity index (χ2n) is 5.63. The maximum Gasteiger partial charge on any atom is 0.254 e. The molecule has 2 aromatic carbocycles. The average Bonchev–Trinajstić information content (AvgIpc) is 2.63. The molecule has 5 heteroatoms. The van der Waals surface area contributed by atoms with Gasteiger partial charge in [-0.15, -0.1) is 0 Å². The molecular weight excluding hydrogens is 338 g/mol. The minimum absolute atomic E-state index is 0.0750. The van der Waals surface area contributed by atoms with Gasteiger partial charge in [-0.25, -0.2) is 0 Å². The second-order valence-corrected chi connectivity index (χ2v) is 6.04.